The van der Waals surface area contributed by atoms with E-state index in [4.69, 9.17) is 0 Å². The Morgan fingerprint density at radius 3 is 2.33 bits per heavy atom. The van der Waals surface area contributed by atoms with E-state index in [-0.39, 0.29) is 11.7 Å². The van der Waals surface area contributed by atoms with Crippen molar-refractivity contribution in [3.8, 4) is 0 Å². The van der Waals surface area contributed by atoms with Gasteiger partial charge in [-0.1, -0.05) is 26.0 Å². The zero-order chi connectivity index (χ0) is 9.78. The van der Waals surface area contributed by atoms with Gasteiger partial charge in [-0.15, -0.1) is 0 Å². The molecule has 3 nitrogen and oxygen atoms in total. The van der Waals surface area contributed by atoms with Crippen LogP contribution in [0.5, 0.6) is 0 Å². The summed E-state index contributed by atoms with van der Waals surface area (Å²) in [6.07, 6.45) is 0. The molecule has 4 heteroatoms. The van der Waals surface area contributed by atoms with Crippen LogP contribution in [0.4, 0.5) is 0 Å². The van der Waals surface area contributed by atoms with Gasteiger partial charge < -0.3 is 0 Å². The lowest BCUT2D eigenvalue weighted by atomic mass is 10.3. The molecule has 0 aliphatic heterocycles. The van der Waals surface area contributed by atoms with Crippen LogP contribution >= 0.6 is 0 Å². The summed E-state index contributed by atoms with van der Waals surface area (Å²) in [5.41, 5.74) is 0.822. The Labute approximate surface area is 74.9 Å². The summed E-state index contributed by atoms with van der Waals surface area (Å²) in [5, 5.41) is 0. The average molecular weight is 191 g/mol. The summed E-state index contributed by atoms with van der Waals surface area (Å²) >= 11 is 0. The van der Waals surface area contributed by atoms with E-state index < -0.39 is 10.0 Å². The topological polar surface area (TPSA) is 46.2 Å². The molecule has 0 rings (SSSR count). The Hall–Kier alpha value is -0.350. The smallest absolute Gasteiger partial charge is 0.212 e. The van der Waals surface area contributed by atoms with Crippen molar-refractivity contribution in [3.05, 3.63) is 12.2 Å². The van der Waals surface area contributed by atoms with Crippen LogP contribution in [0.25, 0.3) is 0 Å². The van der Waals surface area contributed by atoms with Crippen LogP contribution in [0.2, 0.25) is 0 Å². The average Bonchev–Trinajstić information content (AvgIpc) is 1.81. The maximum atomic E-state index is 11.2. The largest absolute Gasteiger partial charge is 0.212 e. The summed E-state index contributed by atoms with van der Waals surface area (Å²) in [7, 11) is -3.09. The second-order valence-electron chi connectivity index (χ2n) is 3.45. The van der Waals surface area contributed by atoms with Gasteiger partial charge in [0.05, 0.1) is 5.75 Å². The second kappa shape index (κ2) is 4.62. The SMILES string of the molecule is C=C(C)CNS(=O)(=O)CC(C)C. The van der Waals surface area contributed by atoms with Crippen LogP contribution in [0.1, 0.15) is 20.8 Å². The molecule has 0 amide bonds. The molecule has 72 valence electrons. The van der Waals surface area contributed by atoms with Crippen molar-refractivity contribution in [2.75, 3.05) is 12.3 Å². The van der Waals surface area contributed by atoms with E-state index in [1.165, 1.54) is 0 Å². The first-order valence-corrected chi connectivity index (χ1v) is 5.60. The van der Waals surface area contributed by atoms with Gasteiger partial charge >= 0.3 is 0 Å². The van der Waals surface area contributed by atoms with Gasteiger partial charge in [-0.2, -0.15) is 0 Å². The van der Waals surface area contributed by atoms with Gasteiger partial charge in [-0.05, 0) is 12.8 Å². The summed E-state index contributed by atoms with van der Waals surface area (Å²) in [5.74, 6) is 0.341. The molecule has 0 aromatic rings. The number of nitrogens with one attached hydrogen (secondary N) is 1. The van der Waals surface area contributed by atoms with Crippen molar-refractivity contribution in [2.45, 2.75) is 20.8 Å². The van der Waals surface area contributed by atoms with Crippen molar-refractivity contribution in [3.63, 3.8) is 0 Å². The van der Waals surface area contributed by atoms with Crippen LogP contribution in [-0.2, 0) is 10.0 Å². The van der Waals surface area contributed by atoms with Crippen molar-refractivity contribution in [2.24, 2.45) is 5.92 Å². The molecular formula is C8H17NO2S. The van der Waals surface area contributed by atoms with Crippen molar-refractivity contribution in [1.29, 1.82) is 0 Å². The first kappa shape index (κ1) is 11.6. The van der Waals surface area contributed by atoms with Crippen molar-refractivity contribution < 1.29 is 8.42 Å². The number of hydrogen-bond acceptors (Lipinski definition) is 2. The third-order valence-electron chi connectivity index (χ3n) is 1.15. The molecule has 0 saturated carbocycles. The lowest BCUT2D eigenvalue weighted by Crippen LogP contribution is -2.29. The van der Waals surface area contributed by atoms with Crippen LogP contribution < -0.4 is 4.72 Å². The predicted octanol–water partition coefficient (Wildman–Crippen LogP) is 1.14. The third kappa shape index (κ3) is 6.37. The quantitative estimate of drug-likeness (QED) is 0.662. The summed E-state index contributed by atoms with van der Waals surface area (Å²) in [6, 6.07) is 0. The Morgan fingerprint density at radius 2 is 2.00 bits per heavy atom. The molecule has 0 heterocycles. The fourth-order valence-corrected chi connectivity index (χ4v) is 2.19. The van der Waals surface area contributed by atoms with Crippen LogP contribution in [0.15, 0.2) is 12.2 Å². The Morgan fingerprint density at radius 1 is 1.50 bits per heavy atom. The lowest BCUT2D eigenvalue weighted by molar-refractivity contribution is 0.571. The molecule has 0 fully saturated rings. The molecule has 0 bridgehead atoms. The molecule has 0 aromatic carbocycles. The van der Waals surface area contributed by atoms with Gasteiger partial charge in [0.25, 0.3) is 0 Å². The fraction of sp³-hybridized carbons (Fsp3) is 0.750. The summed E-state index contributed by atoms with van der Waals surface area (Å²) < 4.78 is 24.8. The highest BCUT2D eigenvalue weighted by molar-refractivity contribution is 7.89. The Balaban J connectivity index is 3.98. The number of sulfonamides is 1. The van der Waals surface area contributed by atoms with Gasteiger partial charge in [0.15, 0.2) is 0 Å². The van der Waals surface area contributed by atoms with Gasteiger partial charge in [-0.25, -0.2) is 13.1 Å². The van der Waals surface area contributed by atoms with E-state index >= 15 is 0 Å². The van der Waals surface area contributed by atoms with E-state index in [0.29, 0.717) is 6.54 Å². The molecule has 0 radical (unpaired) electrons. The second-order valence-corrected chi connectivity index (χ2v) is 5.30. The molecule has 0 atom stereocenters. The maximum Gasteiger partial charge on any atom is 0.212 e. The minimum absolute atomic E-state index is 0.160. The van der Waals surface area contributed by atoms with E-state index in [1.54, 1.807) is 6.92 Å². The molecule has 0 aliphatic carbocycles. The first-order valence-electron chi connectivity index (χ1n) is 3.95. The molecule has 0 aromatic heterocycles. The standard InChI is InChI=1S/C8H17NO2S/c1-7(2)5-9-12(10,11)6-8(3)4/h8-9H,1,5-6H2,2-4H3. The number of rotatable bonds is 5. The van der Waals surface area contributed by atoms with Crippen LogP contribution in [0, 0.1) is 5.92 Å². The summed E-state index contributed by atoms with van der Waals surface area (Å²) in [6.45, 7) is 9.49. The summed E-state index contributed by atoms with van der Waals surface area (Å²) in [4.78, 5) is 0. The van der Waals surface area contributed by atoms with Crippen LogP contribution in [-0.4, -0.2) is 20.7 Å². The van der Waals surface area contributed by atoms with Crippen LogP contribution in [0.3, 0.4) is 0 Å². The highest BCUT2D eigenvalue weighted by Gasteiger charge is 2.11. The maximum absolute atomic E-state index is 11.2. The minimum Gasteiger partial charge on any atom is -0.212 e. The van der Waals surface area contributed by atoms with Gasteiger partial charge in [0.2, 0.25) is 10.0 Å². The molecule has 0 saturated heterocycles. The lowest BCUT2D eigenvalue weighted by Gasteiger charge is -2.07. The molecule has 0 aliphatic rings. The van der Waals surface area contributed by atoms with E-state index in [0.717, 1.165) is 5.57 Å². The highest BCUT2D eigenvalue weighted by Crippen LogP contribution is 1.97. The Kier molecular flexibility index (Phi) is 4.49. The monoisotopic (exact) mass is 191 g/mol. The molecule has 12 heavy (non-hydrogen) atoms. The molecular weight excluding hydrogens is 174 g/mol. The van der Waals surface area contributed by atoms with Gasteiger partial charge in [0.1, 0.15) is 0 Å². The van der Waals surface area contributed by atoms with E-state index in [1.807, 2.05) is 13.8 Å². The predicted molar refractivity (Wildman–Crippen MR) is 51.4 cm³/mol. The Bertz CT molecular complexity index is 242. The zero-order valence-corrected chi connectivity index (χ0v) is 8.74. The molecule has 0 unspecified atom stereocenters. The highest BCUT2D eigenvalue weighted by atomic mass is 32.2. The molecule has 1 N–H and O–H groups in total. The third-order valence-corrected chi connectivity index (χ3v) is 2.84. The van der Waals surface area contributed by atoms with E-state index in [2.05, 4.69) is 11.3 Å². The number of hydrogen-bond donors (Lipinski definition) is 1. The van der Waals surface area contributed by atoms with Crippen molar-refractivity contribution in [1.82, 2.24) is 4.72 Å². The van der Waals surface area contributed by atoms with Crippen molar-refractivity contribution >= 4 is 10.0 Å². The zero-order valence-electron chi connectivity index (χ0n) is 7.92. The normalized spacial score (nSPS) is 12.0. The van der Waals surface area contributed by atoms with Gasteiger partial charge in [-0.3, -0.25) is 0 Å². The molecule has 0 spiro atoms. The fourth-order valence-electron chi connectivity index (χ4n) is 0.731. The minimum atomic E-state index is -3.09. The first-order chi connectivity index (χ1) is 5.33. The van der Waals surface area contributed by atoms with E-state index in [9.17, 15) is 8.42 Å². The van der Waals surface area contributed by atoms with Gasteiger partial charge in [0, 0.05) is 6.54 Å².